The number of rotatable bonds is 2. The van der Waals surface area contributed by atoms with Gasteiger partial charge in [-0.2, -0.15) is 0 Å². The first-order valence-electron chi connectivity index (χ1n) is 6.85. The second-order valence-corrected chi connectivity index (χ2v) is 7.03. The van der Waals surface area contributed by atoms with Crippen LogP contribution in [0.25, 0.3) is 0 Å². The number of carbonyl (C=O) groups excluding carboxylic acids is 1. The van der Waals surface area contributed by atoms with E-state index in [0.29, 0.717) is 12.0 Å². The van der Waals surface area contributed by atoms with E-state index in [9.17, 15) is 4.79 Å². The summed E-state index contributed by atoms with van der Waals surface area (Å²) in [6, 6.07) is 2.46. The van der Waals surface area contributed by atoms with Gasteiger partial charge in [0.05, 0.1) is 5.56 Å². The maximum atomic E-state index is 12.6. The van der Waals surface area contributed by atoms with Crippen molar-refractivity contribution in [2.24, 2.45) is 5.92 Å². The first-order chi connectivity index (χ1) is 8.50. The maximum Gasteiger partial charge on any atom is 0.254 e. The molecule has 2 nitrogen and oxygen atoms in total. The van der Waals surface area contributed by atoms with Crippen LogP contribution in [0.2, 0.25) is 0 Å². The van der Waals surface area contributed by atoms with Gasteiger partial charge in [-0.3, -0.25) is 4.79 Å². The van der Waals surface area contributed by atoms with Gasteiger partial charge in [0.1, 0.15) is 0 Å². The van der Waals surface area contributed by atoms with Crippen LogP contribution in [0.4, 0.5) is 0 Å². The number of carbonyl (C=O) groups is 1. The van der Waals surface area contributed by atoms with Crippen molar-refractivity contribution in [1.82, 2.24) is 4.90 Å². The molecule has 0 saturated heterocycles. The van der Waals surface area contributed by atoms with Crippen LogP contribution in [0, 0.1) is 19.8 Å². The highest BCUT2D eigenvalue weighted by Crippen LogP contribution is 2.29. The van der Waals surface area contributed by atoms with Crippen LogP contribution in [0.1, 0.15) is 52.7 Å². The largest absolute Gasteiger partial charge is 0.338 e. The molecule has 0 aromatic carbocycles. The Labute approximate surface area is 114 Å². The van der Waals surface area contributed by atoms with Crippen LogP contribution in [0.5, 0.6) is 0 Å². The molecule has 3 heteroatoms. The Bertz CT molecular complexity index is 438. The van der Waals surface area contributed by atoms with Gasteiger partial charge in [0.2, 0.25) is 0 Å². The van der Waals surface area contributed by atoms with Crippen LogP contribution < -0.4 is 0 Å². The van der Waals surface area contributed by atoms with Crippen molar-refractivity contribution in [3.05, 3.63) is 21.4 Å². The van der Waals surface area contributed by atoms with Gasteiger partial charge < -0.3 is 4.90 Å². The average Bonchev–Trinajstić information content (AvgIpc) is 2.67. The molecule has 2 atom stereocenters. The van der Waals surface area contributed by atoms with Crippen LogP contribution in [-0.2, 0) is 0 Å². The highest BCUT2D eigenvalue weighted by Gasteiger charge is 2.29. The predicted molar refractivity (Wildman–Crippen MR) is 77.3 cm³/mol. The second-order valence-electron chi connectivity index (χ2n) is 5.57. The maximum absolute atomic E-state index is 12.6. The number of amides is 1. The van der Waals surface area contributed by atoms with Crippen LogP contribution in [-0.4, -0.2) is 23.9 Å². The summed E-state index contributed by atoms with van der Waals surface area (Å²) in [7, 11) is 1.97. The van der Waals surface area contributed by atoms with Crippen molar-refractivity contribution in [2.75, 3.05) is 7.05 Å². The summed E-state index contributed by atoms with van der Waals surface area (Å²) < 4.78 is 0. The van der Waals surface area contributed by atoms with E-state index < -0.39 is 0 Å². The minimum Gasteiger partial charge on any atom is -0.338 e. The zero-order valence-corrected chi connectivity index (χ0v) is 12.6. The molecule has 1 aliphatic rings. The van der Waals surface area contributed by atoms with Crippen molar-refractivity contribution in [2.45, 2.75) is 52.5 Å². The van der Waals surface area contributed by atoms with Gasteiger partial charge in [0.25, 0.3) is 5.91 Å². The van der Waals surface area contributed by atoms with Gasteiger partial charge in [-0.1, -0.05) is 19.8 Å². The molecule has 18 heavy (non-hydrogen) atoms. The molecule has 0 aliphatic heterocycles. The summed E-state index contributed by atoms with van der Waals surface area (Å²) >= 11 is 1.71. The first kappa shape index (κ1) is 13.6. The summed E-state index contributed by atoms with van der Waals surface area (Å²) in [5.41, 5.74) is 0.901. The number of aryl methyl sites for hydroxylation is 2. The highest BCUT2D eigenvalue weighted by atomic mass is 32.1. The minimum atomic E-state index is 0.204. The molecule has 2 unspecified atom stereocenters. The van der Waals surface area contributed by atoms with Gasteiger partial charge in [-0.15, -0.1) is 11.3 Å². The van der Waals surface area contributed by atoms with E-state index in [-0.39, 0.29) is 5.91 Å². The second kappa shape index (κ2) is 5.43. The highest BCUT2D eigenvalue weighted by molar-refractivity contribution is 7.12. The molecule has 1 saturated carbocycles. The Morgan fingerprint density at radius 1 is 1.33 bits per heavy atom. The fraction of sp³-hybridized carbons (Fsp3) is 0.667. The average molecular weight is 265 g/mol. The molecule has 0 bridgehead atoms. The van der Waals surface area contributed by atoms with Gasteiger partial charge in [-0.05, 0) is 38.7 Å². The fourth-order valence-electron chi connectivity index (χ4n) is 3.06. The molecule has 0 radical (unpaired) electrons. The van der Waals surface area contributed by atoms with Crippen molar-refractivity contribution in [1.29, 1.82) is 0 Å². The monoisotopic (exact) mass is 265 g/mol. The summed E-state index contributed by atoms with van der Waals surface area (Å²) in [5.74, 6) is 0.836. The summed E-state index contributed by atoms with van der Waals surface area (Å²) in [5, 5.41) is 0. The summed E-state index contributed by atoms with van der Waals surface area (Å²) in [4.78, 5) is 16.9. The van der Waals surface area contributed by atoms with E-state index in [1.54, 1.807) is 11.3 Å². The normalized spacial score (nSPS) is 24.0. The Morgan fingerprint density at radius 3 is 2.56 bits per heavy atom. The van der Waals surface area contributed by atoms with Gasteiger partial charge in [0.15, 0.2) is 0 Å². The minimum absolute atomic E-state index is 0.204. The molecule has 1 amide bonds. The number of hydrogen-bond donors (Lipinski definition) is 0. The van der Waals surface area contributed by atoms with Crippen LogP contribution in [0.3, 0.4) is 0 Å². The lowest BCUT2D eigenvalue weighted by Gasteiger charge is -2.36. The third kappa shape index (κ3) is 2.61. The quantitative estimate of drug-likeness (QED) is 0.791. The third-order valence-electron chi connectivity index (χ3n) is 4.16. The van der Waals surface area contributed by atoms with Crippen molar-refractivity contribution in [3.8, 4) is 0 Å². The molecule has 2 rings (SSSR count). The standard InChI is InChI=1S/C15H23NOS/c1-10-7-5-6-8-14(10)16(4)15(17)13-9-11(2)18-12(13)3/h9-10,14H,5-8H2,1-4H3. The molecule has 1 aromatic heterocycles. The van der Waals surface area contributed by atoms with Crippen LogP contribution >= 0.6 is 11.3 Å². The van der Waals surface area contributed by atoms with Crippen molar-refractivity contribution < 1.29 is 4.79 Å². The number of thiophene rings is 1. The molecule has 0 N–H and O–H groups in total. The zero-order chi connectivity index (χ0) is 13.3. The van der Waals surface area contributed by atoms with Gasteiger partial charge in [0, 0.05) is 22.8 Å². The van der Waals surface area contributed by atoms with E-state index in [4.69, 9.17) is 0 Å². The van der Waals surface area contributed by atoms with E-state index in [0.717, 1.165) is 16.9 Å². The van der Waals surface area contributed by atoms with Crippen molar-refractivity contribution >= 4 is 17.2 Å². The topological polar surface area (TPSA) is 20.3 Å². The molecule has 1 aromatic rings. The molecule has 1 fully saturated rings. The molecule has 1 heterocycles. The Balaban J connectivity index is 2.15. The molecular weight excluding hydrogens is 242 g/mol. The smallest absolute Gasteiger partial charge is 0.254 e. The summed E-state index contributed by atoms with van der Waals surface area (Å²) in [6.45, 7) is 6.39. The van der Waals surface area contributed by atoms with Gasteiger partial charge in [-0.25, -0.2) is 0 Å². The van der Waals surface area contributed by atoms with Crippen molar-refractivity contribution in [3.63, 3.8) is 0 Å². The Hall–Kier alpha value is -0.830. The predicted octanol–water partition coefficient (Wildman–Crippen LogP) is 4.02. The number of nitrogens with zero attached hydrogens (tertiary/aromatic N) is 1. The Kier molecular flexibility index (Phi) is 4.10. The number of hydrogen-bond acceptors (Lipinski definition) is 2. The third-order valence-corrected chi connectivity index (χ3v) is 5.12. The van der Waals surface area contributed by atoms with E-state index in [1.165, 1.54) is 24.1 Å². The zero-order valence-electron chi connectivity index (χ0n) is 11.8. The molecule has 0 spiro atoms. The lowest BCUT2D eigenvalue weighted by molar-refractivity contribution is 0.0629. The lowest BCUT2D eigenvalue weighted by Crippen LogP contribution is -2.42. The van der Waals surface area contributed by atoms with E-state index >= 15 is 0 Å². The Morgan fingerprint density at radius 2 is 2.00 bits per heavy atom. The molecular formula is C15H23NOS. The molecule has 100 valence electrons. The van der Waals surface area contributed by atoms with Crippen LogP contribution in [0.15, 0.2) is 6.07 Å². The lowest BCUT2D eigenvalue weighted by atomic mass is 9.85. The first-order valence-corrected chi connectivity index (χ1v) is 7.66. The fourth-order valence-corrected chi connectivity index (χ4v) is 3.97. The van der Waals surface area contributed by atoms with E-state index in [2.05, 4.69) is 13.8 Å². The van der Waals surface area contributed by atoms with Gasteiger partial charge >= 0.3 is 0 Å². The van der Waals surface area contributed by atoms with E-state index in [1.807, 2.05) is 24.9 Å². The summed E-state index contributed by atoms with van der Waals surface area (Å²) in [6.07, 6.45) is 4.99. The SMILES string of the molecule is Cc1cc(C(=O)N(C)C2CCCCC2C)c(C)s1. The molecule has 1 aliphatic carbocycles.